The number of carbonyl (C=O) groups is 2. The summed E-state index contributed by atoms with van der Waals surface area (Å²) in [6.45, 7) is 1.33. The third-order valence-corrected chi connectivity index (χ3v) is 9.10. The van der Waals surface area contributed by atoms with E-state index < -0.39 is 23.8 Å². The Labute approximate surface area is 234 Å². The largest absolute Gasteiger partial charge is 0.466 e. The second kappa shape index (κ2) is 11.3. The van der Waals surface area contributed by atoms with E-state index in [1.807, 2.05) is 5.38 Å². The standard InChI is InChI=1S/C25H23BrFN5O4S2/c1-35-23(33)16-12-29-25(38-16)32-9-6-13(7-10-32)19-17(24(34)36-2)20(14-4-3-5-15(27)18(14)26)31-21(30-19)22-28-8-11-37-22/h3-5,8,11-13,20H,6-7,9-10H2,1-2H3,(H,30,31). The van der Waals surface area contributed by atoms with Gasteiger partial charge in [-0.15, -0.1) is 11.3 Å². The molecule has 9 nitrogen and oxygen atoms in total. The Morgan fingerprint density at radius 2 is 1.92 bits per heavy atom. The van der Waals surface area contributed by atoms with Gasteiger partial charge in [0.25, 0.3) is 0 Å². The number of piperidine rings is 1. The summed E-state index contributed by atoms with van der Waals surface area (Å²) < 4.78 is 24.8. The number of benzene rings is 1. The van der Waals surface area contributed by atoms with Crippen molar-refractivity contribution in [3.05, 3.63) is 73.0 Å². The zero-order valence-corrected chi connectivity index (χ0v) is 23.7. The molecular formula is C25H23BrFN5O4S2. The number of ether oxygens (including phenoxy) is 2. The zero-order valence-electron chi connectivity index (χ0n) is 20.4. The van der Waals surface area contributed by atoms with E-state index in [0.29, 0.717) is 58.5 Å². The van der Waals surface area contributed by atoms with Gasteiger partial charge in [0.05, 0.1) is 30.5 Å². The fourth-order valence-corrected chi connectivity index (χ4v) is 6.55. The first kappa shape index (κ1) is 26.4. The number of nitrogens with zero attached hydrogens (tertiary/aromatic N) is 4. The van der Waals surface area contributed by atoms with Gasteiger partial charge in [-0.1, -0.05) is 23.5 Å². The number of methoxy groups -OCH3 is 2. The van der Waals surface area contributed by atoms with Crippen LogP contribution in [-0.4, -0.2) is 55.1 Å². The summed E-state index contributed by atoms with van der Waals surface area (Å²) in [6.07, 6.45) is 4.62. The predicted molar refractivity (Wildman–Crippen MR) is 146 cm³/mol. The average Bonchev–Trinajstić information content (AvgIpc) is 3.66. The van der Waals surface area contributed by atoms with Crippen LogP contribution >= 0.6 is 38.6 Å². The molecule has 2 aromatic heterocycles. The van der Waals surface area contributed by atoms with Gasteiger partial charge < -0.3 is 19.7 Å². The minimum absolute atomic E-state index is 0.0271. The van der Waals surface area contributed by atoms with Crippen molar-refractivity contribution >= 4 is 61.5 Å². The van der Waals surface area contributed by atoms with E-state index in [0.717, 1.165) is 5.13 Å². The van der Waals surface area contributed by atoms with Crippen LogP contribution in [0.15, 0.2) is 56.7 Å². The fraction of sp³-hybridized carbons (Fsp3) is 0.320. The molecular weight excluding hydrogens is 597 g/mol. The summed E-state index contributed by atoms with van der Waals surface area (Å²) in [6, 6.07) is 3.90. The van der Waals surface area contributed by atoms with Gasteiger partial charge >= 0.3 is 11.9 Å². The quantitative estimate of drug-likeness (QED) is 0.395. The molecule has 4 heterocycles. The van der Waals surface area contributed by atoms with Crippen molar-refractivity contribution in [3.8, 4) is 0 Å². The average molecular weight is 621 g/mol. The van der Waals surface area contributed by atoms with Crippen LogP contribution in [0.25, 0.3) is 0 Å². The number of amidine groups is 1. The van der Waals surface area contributed by atoms with E-state index in [-0.39, 0.29) is 10.4 Å². The Bertz CT molecular complexity index is 1420. The highest BCUT2D eigenvalue weighted by Crippen LogP contribution is 2.41. The zero-order chi connectivity index (χ0) is 26.8. The van der Waals surface area contributed by atoms with E-state index >= 15 is 0 Å². The number of aromatic nitrogens is 2. The number of rotatable bonds is 6. The van der Waals surface area contributed by atoms with Crippen molar-refractivity contribution in [2.45, 2.75) is 18.9 Å². The minimum atomic E-state index is -0.790. The van der Waals surface area contributed by atoms with E-state index in [2.05, 4.69) is 36.1 Å². The molecule has 1 saturated heterocycles. The molecule has 0 radical (unpaired) electrons. The van der Waals surface area contributed by atoms with Crippen molar-refractivity contribution in [2.75, 3.05) is 32.2 Å². The highest BCUT2D eigenvalue weighted by molar-refractivity contribution is 9.10. The van der Waals surface area contributed by atoms with Gasteiger partial charge in [0, 0.05) is 36.3 Å². The molecule has 0 bridgehead atoms. The van der Waals surface area contributed by atoms with Crippen molar-refractivity contribution < 1.29 is 23.5 Å². The maximum Gasteiger partial charge on any atom is 0.349 e. The molecule has 0 amide bonds. The summed E-state index contributed by atoms with van der Waals surface area (Å²) in [5.74, 6) is -0.886. The van der Waals surface area contributed by atoms with E-state index in [1.54, 1.807) is 18.3 Å². The highest BCUT2D eigenvalue weighted by Gasteiger charge is 2.38. The van der Waals surface area contributed by atoms with Crippen LogP contribution in [0, 0.1) is 11.7 Å². The number of thiazole rings is 2. The van der Waals surface area contributed by atoms with Gasteiger partial charge in [0.15, 0.2) is 16.0 Å². The number of hydrogen-bond acceptors (Lipinski definition) is 11. The Morgan fingerprint density at radius 3 is 2.61 bits per heavy atom. The van der Waals surface area contributed by atoms with E-state index in [1.165, 1.54) is 49.2 Å². The highest BCUT2D eigenvalue weighted by atomic mass is 79.9. The first-order valence-electron chi connectivity index (χ1n) is 11.7. The molecule has 0 aliphatic carbocycles. The summed E-state index contributed by atoms with van der Waals surface area (Å²) >= 11 is 6.06. The first-order valence-corrected chi connectivity index (χ1v) is 14.2. The summed E-state index contributed by atoms with van der Waals surface area (Å²) in [5, 5.41) is 6.64. The van der Waals surface area contributed by atoms with E-state index in [9.17, 15) is 14.0 Å². The van der Waals surface area contributed by atoms with Crippen molar-refractivity contribution in [2.24, 2.45) is 10.9 Å². The normalized spacial score (nSPS) is 18.2. The summed E-state index contributed by atoms with van der Waals surface area (Å²) in [5.41, 5.74) is 1.57. The van der Waals surface area contributed by atoms with Crippen LogP contribution in [0.3, 0.4) is 0 Å². The van der Waals surface area contributed by atoms with Crippen LogP contribution < -0.4 is 10.2 Å². The molecule has 2 aliphatic rings. The lowest BCUT2D eigenvalue weighted by Gasteiger charge is -2.36. The number of aliphatic imine (C=N–C) groups is 1. The molecule has 2 aliphatic heterocycles. The molecule has 3 aromatic rings. The monoisotopic (exact) mass is 619 g/mol. The molecule has 1 atom stereocenters. The SMILES string of the molecule is COC(=O)C1=C(C2CCN(c3ncc(C(=O)OC)s3)CC2)NC(c2nccs2)=NC1c1cccc(F)c1Br. The second-order valence-electron chi connectivity index (χ2n) is 8.56. The molecule has 13 heteroatoms. The van der Waals surface area contributed by atoms with Gasteiger partial charge in [-0.25, -0.2) is 23.9 Å². The van der Waals surface area contributed by atoms with Crippen LogP contribution in [0.1, 0.15) is 39.1 Å². The maximum absolute atomic E-state index is 14.6. The number of carbonyl (C=O) groups excluding carboxylic acids is 2. The number of nitrogens with one attached hydrogen (secondary N) is 1. The Kier molecular flexibility index (Phi) is 7.86. The summed E-state index contributed by atoms with van der Waals surface area (Å²) in [4.78, 5) is 41.2. The topological polar surface area (TPSA) is 106 Å². The van der Waals surface area contributed by atoms with Gasteiger partial charge in [-0.2, -0.15) is 0 Å². The Balaban J connectivity index is 1.50. The van der Waals surface area contributed by atoms with Crippen LogP contribution in [0.5, 0.6) is 0 Å². The number of esters is 2. The number of halogens is 2. The molecule has 1 N–H and O–H groups in total. The lowest BCUT2D eigenvalue weighted by atomic mass is 9.86. The maximum atomic E-state index is 14.6. The lowest BCUT2D eigenvalue weighted by molar-refractivity contribution is -0.136. The first-order chi connectivity index (χ1) is 18.4. The number of hydrogen-bond donors (Lipinski definition) is 1. The van der Waals surface area contributed by atoms with Crippen LogP contribution in [0.4, 0.5) is 9.52 Å². The van der Waals surface area contributed by atoms with Gasteiger partial charge in [-0.3, -0.25) is 4.99 Å². The predicted octanol–water partition coefficient (Wildman–Crippen LogP) is 4.72. The lowest BCUT2D eigenvalue weighted by Crippen LogP contribution is -2.41. The van der Waals surface area contributed by atoms with Gasteiger partial charge in [-0.05, 0) is 40.4 Å². The molecule has 0 spiro atoms. The third kappa shape index (κ3) is 5.09. The van der Waals surface area contributed by atoms with Gasteiger partial charge in [0.2, 0.25) is 0 Å². The summed E-state index contributed by atoms with van der Waals surface area (Å²) in [7, 11) is 2.67. The van der Waals surface area contributed by atoms with Crippen molar-refractivity contribution in [3.63, 3.8) is 0 Å². The van der Waals surface area contributed by atoms with E-state index in [4.69, 9.17) is 14.5 Å². The van der Waals surface area contributed by atoms with Crippen LogP contribution in [-0.2, 0) is 14.3 Å². The smallest absolute Gasteiger partial charge is 0.349 e. The molecule has 0 saturated carbocycles. The van der Waals surface area contributed by atoms with Gasteiger partial charge in [0.1, 0.15) is 16.7 Å². The molecule has 1 unspecified atom stereocenters. The molecule has 1 aromatic carbocycles. The second-order valence-corrected chi connectivity index (χ2v) is 11.3. The molecule has 38 heavy (non-hydrogen) atoms. The van der Waals surface area contributed by atoms with Crippen molar-refractivity contribution in [1.29, 1.82) is 0 Å². The minimum Gasteiger partial charge on any atom is -0.466 e. The van der Waals surface area contributed by atoms with Crippen molar-refractivity contribution in [1.82, 2.24) is 15.3 Å². The molecule has 198 valence electrons. The van der Waals surface area contributed by atoms with Crippen LogP contribution in [0.2, 0.25) is 0 Å². The Morgan fingerprint density at radius 1 is 1.16 bits per heavy atom. The Hall–Kier alpha value is -3.16. The third-order valence-electron chi connectivity index (χ3n) is 6.44. The fourth-order valence-electron chi connectivity index (χ4n) is 4.59. The number of allylic oxidation sites excluding steroid dienone is 1. The molecule has 1 fully saturated rings. The molecule has 5 rings (SSSR count). The number of anilines is 1.